The SMILES string of the molecule is CC1CCC2(CC1)OC[C@@H](C(=O)N[C@H](C)c1ccccc1)N2C(=O)c1ccc(F)cc1. The summed E-state index contributed by atoms with van der Waals surface area (Å²) in [5, 5.41) is 3.04. The summed E-state index contributed by atoms with van der Waals surface area (Å²) in [5.74, 6) is -0.369. The molecule has 5 nitrogen and oxygen atoms in total. The molecule has 164 valence electrons. The Morgan fingerprint density at radius 2 is 1.74 bits per heavy atom. The molecular formula is C25H29FN2O3. The van der Waals surface area contributed by atoms with Crippen LogP contribution in [0.2, 0.25) is 0 Å². The van der Waals surface area contributed by atoms with E-state index < -0.39 is 17.6 Å². The first kappa shape index (κ1) is 21.5. The summed E-state index contributed by atoms with van der Waals surface area (Å²) >= 11 is 0. The second-order valence-corrected chi connectivity index (χ2v) is 8.78. The Bertz CT molecular complexity index is 924. The number of rotatable bonds is 4. The molecule has 1 aliphatic carbocycles. The number of halogens is 1. The molecule has 2 atom stereocenters. The minimum atomic E-state index is -0.782. The van der Waals surface area contributed by atoms with Crippen LogP contribution in [0.15, 0.2) is 54.6 Å². The molecule has 2 fully saturated rings. The number of hydrogen-bond acceptors (Lipinski definition) is 3. The number of nitrogens with zero attached hydrogens (tertiary/aromatic N) is 1. The first-order valence-corrected chi connectivity index (χ1v) is 11.0. The number of benzene rings is 2. The van der Waals surface area contributed by atoms with E-state index in [4.69, 9.17) is 4.74 Å². The summed E-state index contributed by atoms with van der Waals surface area (Å²) in [5.41, 5.74) is 0.571. The van der Waals surface area contributed by atoms with Crippen LogP contribution in [-0.2, 0) is 9.53 Å². The Morgan fingerprint density at radius 1 is 1.10 bits per heavy atom. The molecule has 0 radical (unpaired) electrons. The number of carbonyl (C=O) groups is 2. The van der Waals surface area contributed by atoms with Crippen LogP contribution in [0.4, 0.5) is 4.39 Å². The Labute approximate surface area is 182 Å². The Morgan fingerprint density at radius 3 is 2.39 bits per heavy atom. The molecule has 1 spiro atoms. The average Bonchev–Trinajstić information content (AvgIpc) is 3.15. The van der Waals surface area contributed by atoms with Crippen molar-refractivity contribution in [1.82, 2.24) is 10.2 Å². The van der Waals surface area contributed by atoms with Crippen LogP contribution in [0, 0.1) is 11.7 Å². The zero-order chi connectivity index (χ0) is 22.0. The molecule has 0 bridgehead atoms. The molecule has 2 aromatic carbocycles. The molecule has 1 saturated carbocycles. The van der Waals surface area contributed by atoms with Crippen molar-refractivity contribution < 1.29 is 18.7 Å². The number of amides is 2. The maximum Gasteiger partial charge on any atom is 0.256 e. The van der Waals surface area contributed by atoms with Gasteiger partial charge < -0.3 is 10.1 Å². The van der Waals surface area contributed by atoms with Gasteiger partial charge in [-0.1, -0.05) is 37.3 Å². The fourth-order valence-electron chi connectivity index (χ4n) is 4.65. The molecule has 6 heteroatoms. The van der Waals surface area contributed by atoms with Crippen LogP contribution in [0.5, 0.6) is 0 Å². The lowest BCUT2D eigenvalue weighted by molar-refractivity contribution is -0.128. The molecule has 2 aliphatic rings. The number of nitrogens with one attached hydrogen (secondary N) is 1. The zero-order valence-electron chi connectivity index (χ0n) is 18.0. The quantitative estimate of drug-likeness (QED) is 0.789. The van der Waals surface area contributed by atoms with Crippen molar-refractivity contribution in [1.29, 1.82) is 0 Å². The van der Waals surface area contributed by atoms with Crippen LogP contribution in [0.3, 0.4) is 0 Å². The molecule has 31 heavy (non-hydrogen) atoms. The minimum absolute atomic E-state index is 0.161. The molecule has 0 aromatic heterocycles. The van der Waals surface area contributed by atoms with E-state index >= 15 is 0 Å². The van der Waals surface area contributed by atoms with E-state index in [1.807, 2.05) is 37.3 Å². The highest BCUT2D eigenvalue weighted by Gasteiger charge is 2.53. The molecule has 0 unspecified atom stereocenters. The summed E-state index contributed by atoms with van der Waals surface area (Å²) in [6, 6.07) is 14.3. The van der Waals surface area contributed by atoms with E-state index in [1.165, 1.54) is 24.3 Å². The van der Waals surface area contributed by atoms with Crippen molar-refractivity contribution in [3.05, 3.63) is 71.5 Å². The lowest BCUT2D eigenvalue weighted by Crippen LogP contribution is -2.57. The van der Waals surface area contributed by atoms with Crippen molar-refractivity contribution >= 4 is 11.8 Å². The van der Waals surface area contributed by atoms with E-state index in [-0.39, 0.29) is 24.5 Å². The van der Waals surface area contributed by atoms with Gasteiger partial charge in [-0.25, -0.2) is 4.39 Å². The highest BCUT2D eigenvalue weighted by Crippen LogP contribution is 2.43. The van der Waals surface area contributed by atoms with Gasteiger partial charge in [0.15, 0.2) is 0 Å². The Balaban J connectivity index is 1.60. The van der Waals surface area contributed by atoms with Crippen molar-refractivity contribution in [2.45, 2.75) is 57.3 Å². The summed E-state index contributed by atoms with van der Waals surface area (Å²) < 4.78 is 19.6. The fourth-order valence-corrected chi connectivity index (χ4v) is 4.65. The molecule has 1 heterocycles. The average molecular weight is 425 g/mol. The monoisotopic (exact) mass is 424 g/mol. The highest BCUT2D eigenvalue weighted by molar-refractivity contribution is 5.98. The molecule has 1 saturated heterocycles. The van der Waals surface area contributed by atoms with Gasteiger partial charge in [-0.3, -0.25) is 14.5 Å². The third-order valence-electron chi connectivity index (χ3n) is 6.59. The van der Waals surface area contributed by atoms with Gasteiger partial charge >= 0.3 is 0 Å². The van der Waals surface area contributed by atoms with Crippen molar-refractivity contribution in [2.75, 3.05) is 6.61 Å². The van der Waals surface area contributed by atoms with Gasteiger partial charge in [-0.15, -0.1) is 0 Å². The van der Waals surface area contributed by atoms with E-state index in [2.05, 4.69) is 12.2 Å². The molecule has 1 aliphatic heterocycles. The van der Waals surface area contributed by atoms with Gasteiger partial charge in [-0.05, 0) is 68.4 Å². The molecule has 2 amide bonds. The first-order chi connectivity index (χ1) is 14.9. The summed E-state index contributed by atoms with van der Waals surface area (Å²) in [4.78, 5) is 28.4. The van der Waals surface area contributed by atoms with Crippen molar-refractivity contribution in [2.24, 2.45) is 5.92 Å². The lowest BCUT2D eigenvalue weighted by atomic mass is 9.83. The second kappa shape index (κ2) is 8.79. The van der Waals surface area contributed by atoms with E-state index in [1.54, 1.807) is 4.90 Å². The molecule has 2 aromatic rings. The molecule has 4 rings (SSSR count). The van der Waals surface area contributed by atoms with E-state index in [9.17, 15) is 14.0 Å². The normalized spacial score (nSPS) is 26.6. The third kappa shape index (κ3) is 4.35. The molecule has 1 N–H and O–H groups in total. The van der Waals surface area contributed by atoms with Crippen LogP contribution < -0.4 is 5.32 Å². The fraction of sp³-hybridized carbons (Fsp3) is 0.440. The zero-order valence-corrected chi connectivity index (χ0v) is 18.0. The topological polar surface area (TPSA) is 58.6 Å². The van der Waals surface area contributed by atoms with Crippen LogP contribution in [0.1, 0.15) is 61.5 Å². The second-order valence-electron chi connectivity index (χ2n) is 8.78. The summed E-state index contributed by atoms with van der Waals surface area (Å²) in [6.07, 6.45) is 3.25. The van der Waals surface area contributed by atoms with E-state index in [0.29, 0.717) is 24.3 Å². The van der Waals surface area contributed by atoms with Crippen molar-refractivity contribution in [3.8, 4) is 0 Å². The standard InChI is InChI=1S/C25H29FN2O3/c1-17-12-14-25(15-13-17)28(24(30)20-8-10-21(26)11-9-20)22(16-31-25)23(29)27-18(2)19-6-4-3-5-7-19/h3-11,17-18,22H,12-16H2,1-2H3,(H,27,29)/t17?,18-,22+,25?/m1/s1. The van der Waals surface area contributed by atoms with Gasteiger partial charge in [0.05, 0.1) is 12.6 Å². The molecular weight excluding hydrogens is 395 g/mol. The van der Waals surface area contributed by atoms with Crippen LogP contribution >= 0.6 is 0 Å². The smallest absolute Gasteiger partial charge is 0.256 e. The van der Waals surface area contributed by atoms with Gasteiger partial charge in [0, 0.05) is 5.56 Å². The first-order valence-electron chi connectivity index (χ1n) is 11.0. The highest BCUT2D eigenvalue weighted by atomic mass is 19.1. The van der Waals surface area contributed by atoms with Gasteiger partial charge in [0.25, 0.3) is 5.91 Å². The number of hydrogen-bond donors (Lipinski definition) is 1. The maximum atomic E-state index is 13.5. The lowest BCUT2D eigenvalue weighted by Gasteiger charge is -2.43. The Kier molecular flexibility index (Phi) is 6.10. The number of carbonyl (C=O) groups excluding carboxylic acids is 2. The third-order valence-corrected chi connectivity index (χ3v) is 6.59. The van der Waals surface area contributed by atoms with Gasteiger partial charge in [0.1, 0.15) is 17.6 Å². The largest absolute Gasteiger partial charge is 0.353 e. The maximum absolute atomic E-state index is 13.5. The predicted molar refractivity (Wildman–Crippen MR) is 116 cm³/mol. The summed E-state index contributed by atoms with van der Waals surface area (Å²) in [6.45, 7) is 4.28. The van der Waals surface area contributed by atoms with E-state index in [0.717, 1.165) is 18.4 Å². The summed E-state index contributed by atoms with van der Waals surface area (Å²) in [7, 11) is 0. The minimum Gasteiger partial charge on any atom is -0.353 e. The predicted octanol–water partition coefficient (Wildman–Crippen LogP) is 4.45. The van der Waals surface area contributed by atoms with Crippen LogP contribution in [-0.4, -0.2) is 35.1 Å². The van der Waals surface area contributed by atoms with Gasteiger partial charge in [0.2, 0.25) is 5.91 Å². The van der Waals surface area contributed by atoms with Gasteiger partial charge in [-0.2, -0.15) is 0 Å². The Hall–Kier alpha value is -2.73. The number of ether oxygens (including phenoxy) is 1. The van der Waals surface area contributed by atoms with Crippen molar-refractivity contribution in [3.63, 3.8) is 0 Å². The van der Waals surface area contributed by atoms with Crippen LogP contribution in [0.25, 0.3) is 0 Å².